The molecular weight excluding hydrogens is 210 g/mol. The fourth-order valence-corrected chi connectivity index (χ4v) is 1.23. The number of aromatic nitrogens is 1. The van der Waals surface area contributed by atoms with Gasteiger partial charge in [0, 0.05) is 18.6 Å². The first-order valence-electron chi connectivity index (χ1n) is 4.85. The molecule has 16 heavy (non-hydrogen) atoms. The molecule has 0 fully saturated rings. The van der Waals surface area contributed by atoms with Crippen LogP contribution in [0.25, 0.3) is 0 Å². The SMILES string of the molecule is COC(=O)CCc1cc(OC)nc(OC)c1. The normalized spacial score (nSPS) is 9.69. The summed E-state index contributed by atoms with van der Waals surface area (Å²) >= 11 is 0. The van der Waals surface area contributed by atoms with Gasteiger partial charge >= 0.3 is 5.97 Å². The summed E-state index contributed by atoms with van der Waals surface area (Å²) in [6.07, 6.45) is 0.898. The van der Waals surface area contributed by atoms with Gasteiger partial charge in [-0.3, -0.25) is 4.79 Å². The molecule has 0 spiro atoms. The second-order valence-corrected chi connectivity index (χ2v) is 3.14. The average Bonchev–Trinajstić information content (AvgIpc) is 2.35. The van der Waals surface area contributed by atoms with Gasteiger partial charge in [0.25, 0.3) is 0 Å². The van der Waals surface area contributed by atoms with E-state index in [-0.39, 0.29) is 5.97 Å². The average molecular weight is 225 g/mol. The molecule has 0 aliphatic rings. The van der Waals surface area contributed by atoms with Gasteiger partial charge in [0.15, 0.2) is 0 Å². The molecule has 0 aliphatic heterocycles. The van der Waals surface area contributed by atoms with Crippen molar-refractivity contribution >= 4 is 5.97 Å². The van der Waals surface area contributed by atoms with E-state index in [1.54, 1.807) is 12.1 Å². The Bertz CT molecular complexity index is 343. The van der Waals surface area contributed by atoms with Crippen molar-refractivity contribution in [1.29, 1.82) is 0 Å². The zero-order chi connectivity index (χ0) is 12.0. The molecule has 0 saturated heterocycles. The van der Waals surface area contributed by atoms with Crippen LogP contribution >= 0.6 is 0 Å². The minimum absolute atomic E-state index is 0.241. The van der Waals surface area contributed by atoms with Crippen LogP contribution in [0.1, 0.15) is 12.0 Å². The van der Waals surface area contributed by atoms with Crippen LogP contribution < -0.4 is 9.47 Å². The van der Waals surface area contributed by atoms with Gasteiger partial charge in [-0.05, 0) is 12.0 Å². The molecule has 0 unspecified atom stereocenters. The first-order valence-corrected chi connectivity index (χ1v) is 4.85. The maximum Gasteiger partial charge on any atom is 0.305 e. The Hall–Kier alpha value is -1.78. The molecular formula is C11H15NO4. The molecule has 5 nitrogen and oxygen atoms in total. The highest BCUT2D eigenvalue weighted by Gasteiger charge is 2.06. The molecule has 1 aromatic rings. The van der Waals surface area contributed by atoms with Crippen molar-refractivity contribution < 1.29 is 19.0 Å². The second-order valence-electron chi connectivity index (χ2n) is 3.14. The van der Waals surface area contributed by atoms with Crippen molar-refractivity contribution in [2.24, 2.45) is 0 Å². The maximum atomic E-state index is 11.0. The fraction of sp³-hybridized carbons (Fsp3) is 0.455. The maximum absolute atomic E-state index is 11.0. The highest BCUT2D eigenvalue weighted by atomic mass is 16.5. The zero-order valence-corrected chi connectivity index (χ0v) is 9.65. The third-order valence-corrected chi connectivity index (χ3v) is 2.10. The zero-order valence-electron chi connectivity index (χ0n) is 9.65. The molecule has 0 atom stereocenters. The van der Waals surface area contributed by atoms with Crippen LogP contribution in [0.4, 0.5) is 0 Å². The summed E-state index contributed by atoms with van der Waals surface area (Å²) in [5, 5.41) is 0. The number of hydrogen-bond acceptors (Lipinski definition) is 5. The Balaban J connectivity index is 2.74. The minimum atomic E-state index is -0.241. The van der Waals surface area contributed by atoms with Crippen LogP contribution in [0.15, 0.2) is 12.1 Å². The van der Waals surface area contributed by atoms with Gasteiger partial charge in [0.05, 0.1) is 21.3 Å². The predicted molar refractivity (Wildman–Crippen MR) is 57.7 cm³/mol. The summed E-state index contributed by atoms with van der Waals surface area (Å²) in [7, 11) is 4.44. The van der Waals surface area contributed by atoms with Crippen molar-refractivity contribution in [1.82, 2.24) is 4.98 Å². The number of hydrogen-bond donors (Lipinski definition) is 0. The van der Waals surface area contributed by atoms with E-state index < -0.39 is 0 Å². The topological polar surface area (TPSA) is 57.7 Å². The van der Waals surface area contributed by atoms with Crippen molar-refractivity contribution in [2.75, 3.05) is 21.3 Å². The number of methoxy groups -OCH3 is 3. The van der Waals surface area contributed by atoms with Crippen molar-refractivity contribution in [3.05, 3.63) is 17.7 Å². The number of esters is 1. The highest BCUT2D eigenvalue weighted by Crippen LogP contribution is 2.18. The fourth-order valence-electron chi connectivity index (χ4n) is 1.23. The number of carbonyl (C=O) groups excluding carboxylic acids is 1. The Labute approximate surface area is 94.3 Å². The van der Waals surface area contributed by atoms with Gasteiger partial charge in [-0.25, -0.2) is 0 Å². The Morgan fingerprint density at radius 2 is 1.75 bits per heavy atom. The number of aryl methyl sites for hydroxylation is 1. The number of carbonyl (C=O) groups is 1. The third kappa shape index (κ3) is 3.42. The van der Waals surface area contributed by atoms with E-state index in [2.05, 4.69) is 9.72 Å². The molecule has 0 aromatic carbocycles. The van der Waals surface area contributed by atoms with Gasteiger partial charge in [-0.15, -0.1) is 0 Å². The molecule has 0 saturated carbocycles. The highest BCUT2D eigenvalue weighted by molar-refractivity contribution is 5.69. The van der Waals surface area contributed by atoms with Crippen LogP contribution in [0.5, 0.6) is 11.8 Å². The third-order valence-electron chi connectivity index (χ3n) is 2.10. The summed E-state index contributed by atoms with van der Waals surface area (Å²) < 4.78 is 14.6. The van der Waals surface area contributed by atoms with Gasteiger partial charge in [-0.2, -0.15) is 4.98 Å². The molecule has 5 heteroatoms. The molecule has 88 valence electrons. The van der Waals surface area contributed by atoms with Crippen LogP contribution in [0.3, 0.4) is 0 Å². The first-order chi connectivity index (χ1) is 7.69. The van der Waals surface area contributed by atoms with Gasteiger partial charge < -0.3 is 14.2 Å². The predicted octanol–water partition coefficient (Wildman–Crippen LogP) is 1.20. The number of ether oxygens (including phenoxy) is 3. The van der Waals surface area contributed by atoms with E-state index in [0.717, 1.165) is 5.56 Å². The van der Waals surface area contributed by atoms with Crippen LogP contribution in [-0.2, 0) is 16.0 Å². The Morgan fingerprint density at radius 1 is 1.19 bits per heavy atom. The number of nitrogens with zero attached hydrogens (tertiary/aromatic N) is 1. The molecule has 0 bridgehead atoms. The monoisotopic (exact) mass is 225 g/mol. The van der Waals surface area contributed by atoms with E-state index in [4.69, 9.17) is 9.47 Å². The van der Waals surface area contributed by atoms with E-state index in [1.807, 2.05) is 0 Å². The molecule has 1 rings (SSSR count). The number of pyridine rings is 1. The smallest absolute Gasteiger partial charge is 0.305 e. The van der Waals surface area contributed by atoms with Gasteiger partial charge in [0.2, 0.25) is 11.8 Å². The van der Waals surface area contributed by atoms with Crippen LogP contribution in [-0.4, -0.2) is 32.3 Å². The molecule has 1 heterocycles. The number of rotatable bonds is 5. The van der Waals surface area contributed by atoms with Crippen LogP contribution in [0.2, 0.25) is 0 Å². The standard InChI is InChI=1S/C11H15NO4/c1-14-9-6-8(4-5-11(13)16-3)7-10(12-9)15-2/h6-7H,4-5H2,1-3H3. The van der Waals surface area contributed by atoms with Gasteiger partial charge in [0.1, 0.15) is 0 Å². The Kier molecular flexibility index (Phi) is 4.57. The van der Waals surface area contributed by atoms with Crippen molar-refractivity contribution in [3.8, 4) is 11.8 Å². The van der Waals surface area contributed by atoms with E-state index in [9.17, 15) is 4.79 Å². The Morgan fingerprint density at radius 3 is 2.19 bits per heavy atom. The summed E-state index contributed by atoms with van der Waals surface area (Å²) in [6, 6.07) is 3.54. The summed E-state index contributed by atoms with van der Waals surface area (Å²) in [5.41, 5.74) is 0.925. The lowest BCUT2D eigenvalue weighted by Crippen LogP contribution is -2.03. The second kappa shape index (κ2) is 5.95. The lowest BCUT2D eigenvalue weighted by molar-refractivity contribution is -0.140. The molecule has 0 N–H and O–H groups in total. The largest absolute Gasteiger partial charge is 0.481 e. The molecule has 1 aromatic heterocycles. The van der Waals surface area contributed by atoms with Gasteiger partial charge in [-0.1, -0.05) is 0 Å². The van der Waals surface area contributed by atoms with Crippen molar-refractivity contribution in [2.45, 2.75) is 12.8 Å². The quantitative estimate of drug-likeness (QED) is 0.705. The van der Waals surface area contributed by atoms with E-state index >= 15 is 0 Å². The van der Waals surface area contributed by atoms with E-state index in [0.29, 0.717) is 24.6 Å². The summed E-state index contributed by atoms with van der Waals surface area (Å²) in [6.45, 7) is 0. The molecule has 0 radical (unpaired) electrons. The lowest BCUT2D eigenvalue weighted by Gasteiger charge is -2.06. The lowest BCUT2D eigenvalue weighted by atomic mass is 10.1. The minimum Gasteiger partial charge on any atom is -0.481 e. The van der Waals surface area contributed by atoms with Crippen molar-refractivity contribution in [3.63, 3.8) is 0 Å². The first kappa shape index (κ1) is 12.3. The van der Waals surface area contributed by atoms with E-state index in [1.165, 1.54) is 21.3 Å². The molecule has 0 amide bonds. The van der Waals surface area contributed by atoms with Crippen LogP contribution in [0, 0.1) is 0 Å². The summed E-state index contributed by atoms with van der Waals surface area (Å²) in [4.78, 5) is 15.1. The summed E-state index contributed by atoms with van der Waals surface area (Å²) in [5.74, 6) is 0.702. The molecule has 0 aliphatic carbocycles.